The van der Waals surface area contributed by atoms with E-state index in [1.165, 1.54) is 5.56 Å². The molecule has 0 aromatic carbocycles. The van der Waals surface area contributed by atoms with Gasteiger partial charge in [0.15, 0.2) is 0 Å². The standard InChI is InChI=1S/C12H16N4OS/c1-9-6-15-16-8-11(18-12(9)16)10(5-13)7-14-3-4-17-2/h5-8H,3-4,13H2,1-2H3. The van der Waals surface area contributed by atoms with Crippen LogP contribution in [-0.2, 0) is 4.74 Å². The maximum absolute atomic E-state index is 5.64. The Hall–Kier alpha value is -1.66. The molecule has 0 unspecified atom stereocenters. The van der Waals surface area contributed by atoms with Crippen molar-refractivity contribution in [2.24, 2.45) is 10.7 Å². The molecule has 0 aliphatic rings. The third-order valence-corrected chi connectivity index (χ3v) is 3.75. The molecule has 0 atom stereocenters. The molecule has 0 aliphatic heterocycles. The van der Waals surface area contributed by atoms with Crippen LogP contribution in [0.25, 0.3) is 10.4 Å². The van der Waals surface area contributed by atoms with Crippen molar-refractivity contribution in [1.29, 1.82) is 0 Å². The van der Waals surface area contributed by atoms with E-state index in [2.05, 4.69) is 10.1 Å². The van der Waals surface area contributed by atoms with Crippen LogP contribution in [0.5, 0.6) is 0 Å². The number of aryl methyl sites for hydroxylation is 1. The highest BCUT2D eigenvalue weighted by molar-refractivity contribution is 7.18. The average molecular weight is 264 g/mol. The van der Waals surface area contributed by atoms with Crippen molar-refractivity contribution in [2.45, 2.75) is 6.92 Å². The second-order valence-electron chi connectivity index (χ2n) is 3.82. The minimum Gasteiger partial charge on any atom is -0.404 e. The Morgan fingerprint density at radius 1 is 1.67 bits per heavy atom. The highest BCUT2D eigenvalue weighted by Gasteiger charge is 2.08. The SMILES string of the molecule is COCCN=CC(=CN)c1cn2ncc(C)c2s1. The molecule has 5 nitrogen and oxygen atoms in total. The predicted molar refractivity (Wildman–Crippen MR) is 75.2 cm³/mol. The molecule has 0 radical (unpaired) electrons. The normalized spacial score (nSPS) is 12.9. The van der Waals surface area contributed by atoms with Crippen molar-refractivity contribution in [1.82, 2.24) is 9.61 Å². The van der Waals surface area contributed by atoms with Crippen molar-refractivity contribution >= 4 is 28.0 Å². The maximum Gasteiger partial charge on any atom is 0.122 e. The van der Waals surface area contributed by atoms with Crippen LogP contribution in [0, 0.1) is 6.92 Å². The summed E-state index contributed by atoms with van der Waals surface area (Å²) in [5.41, 5.74) is 7.71. The molecule has 2 aromatic rings. The van der Waals surface area contributed by atoms with Gasteiger partial charge in [-0.25, -0.2) is 4.52 Å². The van der Waals surface area contributed by atoms with E-state index in [1.54, 1.807) is 30.9 Å². The van der Waals surface area contributed by atoms with Gasteiger partial charge in [0.1, 0.15) is 4.83 Å². The number of aliphatic imine (C=N–C) groups is 1. The number of thiazole rings is 1. The second-order valence-corrected chi connectivity index (χ2v) is 4.85. The van der Waals surface area contributed by atoms with Gasteiger partial charge in [0.25, 0.3) is 0 Å². The van der Waals surface area contributed by atoms with Gasteiger partial charge in [-0.3, -0.25) is 4.99 Å². The van der Waals surface area contributed by atoms with Crippen molar-refractivity contribution in [3.05, 3.63) is 29.0 Å². The largest absolute Gasteiger partial charge is 0.404 e. The molecule has 18 heavy (non-hydrogen) atoms. The Bertz CT molecular complexity index is 582. The number of fused-ring (bicyclic) bond motifs is 1. The Labute approximate surface area is 110 Å². The highest BCUT2D eigenvalue weighted by Crippen LogP contribution is 2.25. The molecule has 0 fully saturated rings. The number of nitrogens with zero attached hydrogens (tertiary/aromatic N) is 3. The summed E-state index contributed by atoms with van der Waals surface area (Å²) >= 11 is 1.66. The van der Waals surface area contributed by atoms with E-state index in [4.69, 9.17) is 10.5 Å². The van der Waals surface area contributed by atoms with Gasteiger partial charge in [0, 0.05) is 36.9 Å². The van der Waals surface area contributed by atoms with Crippen LogP contribution in [-0.4, -0.2) is 36.1 Å². The maximum atomic E-state index is 5.64. The number of hydrogen-bond acceptors (Lipinski definition) is 5. The number of hydrogen-bond donors (Lipinski definition) is 1. The molecule has 0 amide bonds. The molecule has 2 N–H and O–H groups in total. The summed E-state index contributed by atoms with van der Waals surface area (Å²) in [4.78, 5) is 6.46. The van der Waals surface area contributed by atoms with Crippen LogP contribution in [0.1, 0.15) is 10.4 Å². The fraction of sp³-hybridized carbons (Fsp3) is 0.333. The van der Waals surface area contributed by atoms with Crippen LogP contribution in [0.2, 0.25) is 0 Å². The molecule has 2 aromatic heterocycles. The first-order valence-electron chi connectivity index (χ1n) is 5.61. The van der Waals surface area contributed by atoms with Gasteiger partial charge in [-0.1, -0.05) is 0 Å². The summed E-state index contributed by atoms with van der Waals surface area (Å²) in [6.45, 7) is 3.29. The molecular weight excluding hydrogens is 248 g/mol. The molecule has 0 saturated carbocycles. The number of methoxy groups -OCH3 is 1. The molecule has 0 saturated heterocycles. The lowest BCUT2D eigenvalue weighted by atomic mass is 10.3. The Morgan fingerprint density at radius 2 is 2.50 bits per heavy atom. The average Bonchev–Trinajstić information content (AvgIpc) is 2.93. The zero-order valence-corrected chi connectivity index (χ0v) is 11.3. The quantitative estimate of drug-likeness (QED) is 0.660. The number of aromatic nitrogens is 2. The molecular formula is C12H16N4OS. The number of allylic oxidation sites excluding steroid dienone is 1. The lowest BCUT2D eigenvalue weighted by Crippen LogP contribution is -1.95. The van der Waals surface area contributed by atoms with Gasteiger partial charge >= 0.3 is 0 Å². The minimum absolute atomic E-state index is 0.612. The minimum atomic E-state index is 0.612. The number of nitrogens with two attached hydrogens (primary N) is 1. The lowest BCUT2D eigenvalue weighted by molar-refractivity contribution is 0.208. The molecule has 0 aliphatic carbocycles. The molecule has 0 spiro atoms. The fourth-order valence-corrected chi connectivity index (χ4v) is 2.53. The predicted octanol–water partition coefficient (Wildman–Crippen LogP) is 1.72. The van der Waals surface area contributed by atoms with Crippen LogP contribution in [0.15, 0.2) is 23.6 Å². The zero-order chi connectivity index (χ0) is 13.0. The summed E-state index contributed by atoms with van der Waals surface area (Å²) in [6, 6.07) is 0. The molecule has 2 rings (SSSR count). The smallest absolute Gasteiger partial charge is 0.122 e. The van der Waals surface area contributed by atoms with Crippen molar-refractivity contribution in [2.75, 3.05) is 20.3 Å². The first kappa shape index (κ1) is 12.8. The first-order valence-corrected chi connectivity index (χ1v) is 6.42. The van der Waals surface area contributed by atoms with Crippen LogP contribution >= 0.6 is 11.3 Å². The summed E-state index contributed by atoms with van der Waals surface area (Å²) in [5, 5.41) is 4.26. The third-order valence-electron chi connectivity index (χ3n) is 2.49. The van der Waals surface area contributed by atoms with Gasteiger partial charge in [-0.2, -0.15) is 5.10 Å². The summed E-state index contributed by atoms with van der Waals surface area (Å²) in [5.74, 6) is 0. The monoisotopic (exact) mass is 264 g/mol. The third kappa shape index (κ3) is 2.60. The Kier molecular flexibility index (Phi) is 4.11. The van der Waals surface area contributed by atoms with Crippen LogP contribution in [0.4, 0.5) is 0 Å². The number of rotatable bonds is 5. The topological polar surface area (TPSA) is 64.9 Å². The molecule has 6 heteroatoms. The van der Waals surface area contributed by atoms with Gasteiger partial charge < -0.3 is 10.5 Å². The van der Waals surface area contributed by atoms with E-state index in [1.807, 2.05) is 23.8 Å². The van der Waals surface area contributed by atoms with Crippen LogP contribution < -0.4 is 5.73 Å². The van der Waals surface area contributed by atoms with Crippen molar-refractivity contribution < 1.29 is 4.74 Å². The van der Waals surface area contributed by atoms with Crippen LogP contribution in [0.3, 0.4) is 0 Å². The van der Waals surface area contributed by atoms with Gasteiger partial charge in [0.05, 0.1) is 24.2 Å². The molecule has 96 valence electrons. The lowest BCUT2D eigenvalue weighted by Gasteiger charge is -1.96. The van der Waals surface area contributed by atoms with Gasteiger partial charge in [-0.05, 0) is 6.92 Å². The zero-order valence-electron chi connectivity index (χ0n) is 10.5. The van der Waals surface area contributed by atoms with E-state index in [0.717, 1.165) is 15.3 Å². The fourth-order valence-electron chi connectivity index (χ4n) is 1.53. The second kappa shape index (κ2) is 5.79. The summed E-state index contributed by atoms with van der Waals surface area (Å²) in [7, 11) is 1.66. The van der Waals surface area contributed by atoms with Gasteiger partial charge in [0.2, 0.25) is 0 Å². The Morgan fingerprint density at radius 3 is 3.17 bits per heavy atom. The van der Waals surface area contributed by atoms with E-state index in [0.29, 0.717) is 13.2 Å². The van der Waals surface area contributed by atoms with E-state index in [-0.39, 0.29) is 0 Å². The Balaban J connectivity index is 2.19. The summed E-state index contributed by atoms with van der Waals surface area (Å²) < 4.78 is 6.80. The highest BCUT2D eigenvalue weighted by atomic mass is 32.1. The van der Waals surface area contributed by atoms with E-state index < -0.39 is 0 Å². The van der Waals surface area contributed by atoms with Gasteiger partial charge in [-0.15, -0.1) is 11.3 Å². The van der Waals surface area contributed by atoms with Crippen molar-refractivity contribution in [3.63, 3.8) is 0 Å². The number of ether oxygens (including phenoxy) is 1. The molecule has 0 bridgehead atoms. The van der Waals surface area contributed by atoms with E-state index in [9.17, 15) is 0 Å². The van der Waals surface area contributed by atoms with Crippen molar-refractivity contribution in [3.8, 4) is 0 Å². The van der Waals surface area contributed by atoms with E-state index >= 15 is 0 Å². The first-order chi connectivity index (χ1) is 8.76. The summed E-state index contributed by atoms with van der Waals surface area (Å²) in [6.07, 6.45) is 7.17. The molecule has 2 heterocycles.